The van der Waals surface area contributed by atoms with E-state index in [1.165, 1.54) is 5.69 Å². The fourth-order valence-electron chi connectivity index (χ4n) is 1.28. The first kappa shape index (κ1) is 12.1. The summed E-state index contributed by atoms with van der Waals surface area (Å²) in [4.78, 5) is 0. The average Bonchev–Trinajstić information content (AvgIpc) is 2.51. The van der Waals surface area contributed by atoms with E-state index in [4.69, 9.17) is 0 Å². The average molecular weight is 183 g/mol. The summed E-state index contributed by atoms with van der Waals surface area (Å²) in [6.07, 6.45) is 3.22. The van der Waals surface area contributed by atoms with Gasteiger partial charge in [-0.3, -0.25) is 4.68 Å². The Labute approximate surface area is 81.2 Å². The number of hydrogen-bond donors (Lipinski definition) is 0. The molecular formula is C10H21N3. The normalized spacial score (nSPS) is 9.31. The van der Waals surface area contributed by atoms with E-state index in [-0.39, 0.29) is 0 Å². The maximum Gasteiger partial charge on any atom is 0.0858 e. The van der Waals surface area contributed by atoms with Gasteiger partial charge in [-0.15, -0.1) is 5.10 Å². The summed E-state index contributed by atoms with van der Waals surface area (Å²) in [6.45, 7) is 8.30. The van der Waals surface area contributed by atoms with Crippen molar-refractivity contribution in [3.8, 4) is 0 Å². The van der Waals surface area contributed by atoms with Crippen LogP contribution in [0, 0.1) is 0 Å². The van der Waals surface area contributed by atoms with Gasteiger partial charge in [0.25, 0.3) is 0 Å². The molecule has 0 aliphatic rings. The molecule has 3 nitrogen and oxygen atoms in total. The third-order valence-corrected chi connectivity index (χ3v) is 1.85. The lowest BCUT2D eigenvalue weighted by molar-refractivity contribution is 0.682. The smallest absolute Gasteiger partial charge is 0.0858 e. The van der Waals surface area contributed by atoms with Crippen molar-refractivity contribution in [1.82, 2.24) is 15.0 Å². The van der Waals surface area contributed by atoms with E-state index in [2.05, 4.69) is 24.2 Å². The van der Waals surface area contributed by atoms with Crippen LogP contribution < -0.4 is 0 Å². The monoisotopic (exact) mass is 183 g/mol. The van der Waals surface area contributed by atoms with Crippen molar-refractivity contribution in [1.29, 1.82) is 0 Å². The highest BCUT2D eigenvalue weighted by atomic mass is 15.4. The molecule has 0 aliphatic heterocycles. The molecule has 1 aromatic heterocycles. The molecule has 0 fully saturated rings. The molecule has 0 saturated carbocycles. The lowest BCUT2D eigenvalue weighted by atomic mass is 10.2. The SMILES string of the molecule is CC.CCCc1nnn(C)c1CC. The number of rotatable bonds is 3. The second kappa shape index (κ2) is 6.63. The number of aromatic nitrogens is 3. The van der Waals surface area contributed by atoms with Crippen molar-refractivity contribution < 1.29 is 0 Å². The van der Waals surface area contributed by atoms with Gasteiger partial charge in [-0.2, -0.15) is 0 Å². The fraction of sp³-hybridized carbons (Fsp3) is 0.800. The third-order valence-electron chi connectivity index (χ3n) is 1.85. The molecule has 0 unspecified atom stereocenters. The lowest BCUT2D eigenvalue weighted by Crippen LogP contribution is -1.98. The topological polar surface area (TPSA) is 30.7 Å². The molecule has 1 heterocycles. The minimum absolute atomic E-state index is 1.03. The van der Waals surface area contributed by atoms with Crippen LogP contribution in [0.25, 0.3) is 0 Å². The molecule has 0 aliphatic carbocycles. The Morgan fingerprint density at radius 3 is 2.31 bits per heavy atom. The predicted octanol–water partition coefficient (Wildman–Crippen LogP) is 2.36. The number of aryl methyl sites for hydroxylation is 2. The van der Waals surface area contributed by atoms with Crippen LogP contribution in [0.3, 0.4) is 0 Å². The number of nitrogens with zero attached hydrogens (tertiary/aromatic N) is 3. The van der Waals surface area contributed by atoms with Gasteiger partial charge in [-0.05, 0) is 12.8 Å². The second-order valence-corrected chi connectivity index (χ2v) is 2.71. The van der Waals surface area contributed by atoms with Gasteiger partial charge in [0, 0.05) is 7.05 Å². The summed E-state index contributed by atoms with van der Waals surface area (Å²) in [5, 5.41) is 8.06. The zero-order chi connectivity index (χ0) is 10.3. The van der Waals surface area contributed by atoms with E-state index in [1.807, 2.05) is 25.6 Å². The minimum Gasteiger partial charge on any atom is -0.252 e. The predicted molar refractivity (Wildman–Crippen MR) is 55.7 cm³/mol. The Kier molecular flexibility index (Phi) is 6.20. The summed E-state index contributed by atoms with van der Waals surface area (Å²) in [6, 6.07) is 0. The van der Waals surface area contributed by atoms with Gasteiger partial charge >= 0.3 is 0 Å². The summed E-state index contributed by atoms with van der Waals surface area (Å²) >= 11 is 0. The van der Waals surface area contributed by atoms with E-state index >= 15 is 0 Å². The molecule has 13 heavy (non-hydrogen) atoms. The van der Waals surface area contributed by atoms with E-state index < -0.39 is 0 Å². The van der Waals surface area contributed by atoms with Crippen molar-refractivity contribution >= 4 is 0 Å². The van der Waals surface area contributed by atoms with E-state index in [1.54, 1.807) is 0 Å². The van der Waals surface area contributed by atoms with Crippen LogP contribution in [0.1, 0.15) is 45.5 Å². The Hall–Kier alpha value is -0.860. The Morgan fingerprint density at radius 2 is 1.85 bits per heavy atom. The van der Waals surface area contributed by atoms with Crippen LogP contribution in [0.15, 0.2) is 0 Å². The molecule has 0 aromatic carbocycles. The van der Waals surface area contributed by atoms with Gasteiger partial charge < -0.3 is 0 Å². The number of hydrogen-bond acceptors (Lipinski definition) is 2. The van der Waals surface area contributed by atoms with Crippen LogP contribution in [0.5, 0.6) is 0 Å². The Morgan fingerprint density at radius 1 is 1.23 bits per heavy atom. The van der Waals surface area contributed by atoms with Gasteiger partial charge in [-0.25, -0.2) is 0 Å². The first-order valence-corrected chi connectivity index (χ1v) is 5.17. The van der Waals surface area contributed by atoms with E-state index in [9.17, 15) is 0 Å². The van der Waals surface area contributed by atoms with Gasteiger partial charge in [0.1, 0.15) is 0 Å². The van der Waals surface area contributed by atoms with Crippen LogP contribution in [-0.2, 0) is 19.9 Å². The lowest BCUT2D eigenvalue weighted by Gasteiger charge is -1.97. The zero-order valence-electron chi connectivity index (χ0n) is 9.46. The first-order chi connectivity index (χ1) is 6.29. The van der Waals surface area contributed by atoms with E-state index in [0.29, 0.717) is 0 Å². The summed E-state index contributed by atoms with van der Waals surface area (Å²) in [5.74, 6) is 0. The highest BCUT2D eigenvalue weighted by molar-refractivity contribution is 5.09. The molecule has 1 rings (SSSR count). The quantitative estimate of drug-likeness (QED) is 0.720. The van der Waals surface area contributed by atoms with E-state index in [0.717, 1.165) is 25.0 Å². The van der Waals surface area contributed by atoms with Crippen molar-refractivity contribution in [3.63, 3.8) is 0 Å². The third kappa shape index (κ3) is 3.17. The molecule has 0 spiro atoms. The second-order valence-electron chi connectivity index (χ2n) is 2.71. The van der Waals surface area contributed by atoms with Crippen molar-refractivity contribution in [3.05, 3.63) is 11.4 Å². The zero-order valence-corrected chi connectivity index (χ0v) is 9.46. The van der Waals surface area contributed by atoms with Crippen molar-refractivity contribution in [2.45, 2.75) is 47.0 Å². The Bertz CT molecular complexity index is 228. The van der Waals surface area contributed by atoms with Gasteiger partial charge in [0.05, 0.1) is 11.4 Å². The molecule has 0 radical (unpaired) electrons. The first-order valence-electron chi connectivity index (χ1n) is 5.17. The largest absolute Gasteiger partial charge is 0.252 e. The van der Waals surface area contributed by atoms with Crippen LogP contribution in [0.2, 0.25) is 0 Å². The molecule has 3 heteroatoms. The van der Waals surface area contributed by atoms with Crippen LogP contribution in [-0.4, -0.2) is 15.0 Å². The highest BCUT2D eigenvalue weighted by Crippen LogP contribution is 2.06. The summed E-state index contributed by atoms with van der Waals surface area (Å²) in [7, 11) is 1.95. The minimum atomic E-state index is 1.03. The molecular weight excluding hydrogens is 162 g/mol. The molecule has 0 amide bonds. The maximum absolute atomic E-state index is 4.09. The maximum atomic E-state index is 4.09. The highest BCUT2D eigenvalue weighted by Gasteiger charge is 2.05. The molecule has 0 N–H and O–H groups in total. The van der Waals surface area contributed by atoms with Crippen molar-refractivity contribution in [2.75, 3.05) is 0 Å². The van der Waals surface area contributed by atoms with Crippen LogP contribution in [0.4, 0.5) is 0 Å². The summed E-state index contributed by atoms with van der Waals surface area (Å²) in [5.41, 5.74) is 2.43. The standard InChI is InChI=1S/C8H15N3.C2H6/c1-4-6-7-8(5-2)11(3)10-9-7;1-2/h4-6H2,1-3H3;1-2H3. The van der Waals surface area contributed by atoms with Crippen molar-refractivity contribution in [2.24, 2.45) is 7.05 Å². The summed E-state index contributed by atoms with van der Waals surface area (Å²) < 4.78 is 1.87. The van der Waals surface area contributed by atoms with Crippen LogP contribution >= 0.6 is 0 Å². The van der Waals surface area contributed by atoms with Gasteiger partial charge in [-0.1, -0.05) is 39.3 Å². The molecule has 0 atom stereocenters. The molecule has 1 aromatic rings. The Balaban J connectivity index is 0.000000671. The van der Waals surface area contributed by atoms with Gasteiger partial charge in [0.15, 0.2) is 0 Å². The fourth-order valence-corrected chi connectivity index (χ4v) is 1.28. The van der Waals surface area contributed by atoms with Gasteiger partial charge in [0.2, 0.25) is 0 Å². The molecule has 76 valence electrons. The molecule has 0 bridgehead atoms. The molecule has 0 saturated heterocycles.